The van der Waals surface area contributed by atoms with Gasteiger partial charge in [-0.2, -0.15) is 0 Å². The van der Waals surface area contributed by atoms with Gasteiger partial charge < -0.3 is 15.2 Å². The van der Waals surface area contributed by atoms with Gasteiger partial charge in [-0.25, -0.2) is 8.78 Å². The molecule has 2 aromatic rings. The molecular formula is C23H25F2N3O3. The Kier molecular flexibility index (Phi) is 7.01. The first-order valence-electron chi connectivity index (χ1n) is 9.78. The zero-order valence-electron chi connectivity index (χ0n) is 18.2. The molecule has 0 bridgehead atoms. The number of terminal acetylenes is 1. The van der Waals surface area contributed by atoms with Crippen LogP contribution >= 0.6 is 0 Å². The van der Waals surface area contributed by atoms with Crippen LogP contribution in [0.3, 0.4) is 0 Å². The van der Waals surface area contributed by atoms with Gasteiger partial charge in [0, 0.05) is 24.5 Å². The van der Waals surface area contributed by atoms with Crippen LogP contribution in [-0.4, -0.2) is 27.7 Å². The van der Waals surface area contributed by atoms with E-state index in [0.29, 0.717) is 24.1 Å². The summed E-state index contributed by atoms with van der Waals surface area (Å²) in [6.45, 7) is 6.78. The molecule has 0 fully saturated rings. The van der Waals surface area contributed by atoms with Crippen molar-refractivity contribution in [1.82, 2.24) is 9.88 Å². The lowest BCUT2D eigenvalue weighted by Gasteiger charge is -2.26. The number of aromatic nitrogens is 1. The molecule has 1 aromatic heterocycles. The fraction of sp³-hybridized carbons (Fsp3) is 0.348. The Hall–Kier alpha value is -3.47. The maximum atomic E-state index is 13.4. The third-order valence-electron chi connectivity index (χ3n) is 5.59. The molecule has 2 amide bonds. The van der Waals surface area contributed by atoms with Crippen LogP contribution in [0.2, 0.25) is 0 Å². The van der Waals surface area contributed by atoms with Gasteiger partial charge in [-0.1, -0.05) is 19.8 Å². The Morgan fingerprint density at radius 3 is 2.26 bits per heavy atom. The van der Waals surface area contributed by atoms with Gasteiger partial charge in [0.05, 0.1) is 5.56 Å². The van der Waals surface area contributed by atoms with E-state index in [1.54, 1.807) is 20.9 Å². The third kappa shape index (κ3) is 4.50. The average Bonchev–Trinajstić information content (AvgIpc) is 2.96. The number of ketones is 1. The Labute approximate surface area is 180 Å². The van der Waals surface area contributed by atoms with Crippen molar-refractivity contribution < 1.29 is 23.2 Å². The van der Waals surface area contributed by atoms with Gasteiger partial charge in [-0.05, 0) is 44.4 Å². The van der Waals surface area contributed by atoms with E-state index in [2.05, 4.69) is 16.6 Å². The fourth-order valence-electron chi connectivity index (χ4n) is 3.45. The number of hydrogen-bond acceptors (Lipinski definition) is 3. The zero-order valence-corrected chi connectivity index (χ0v) is 18.2. The van der Waals surface area contributed by atoms with E-state index < -0.39 is 34.8 Å². The molecule has 6 nitrogen and oxygen atoms in total. The number of anilines is 1. The Bertz CT molecular complexity index is 1090. The second-order valence-electron chi connectivity index (χ2n) is 7.29. The molecule has 8 heteroatoms. The molecule has 0 atom stereocenters. The lowest BCUT2D eigenvalue weighted by atomic mass is 9.93. The van der Waals surface area contributed by atoms with Gasteiger partial charge in [0.1, 0.15) is 11.2 Å². The number of amides is 2. The number of carbonyl (C=O) groups excluding carboxylic acids is 3. The lowest BCUT2D eigenvalue weighted by Crippen LogP contribution is -2.49. The average molecular weight is 429 g/mol. The van der Waals surface area contributed by atoms with E-state index in [9.17, 15) is 23.2 Å². The summed E-state index contributed by atoms with van der Waals surface area (Å²) in [4.78, 5) is 38.4. The highest BCUT2D eigenvalue weighted by Gasteiger charge is 2.33. The molecule has 0 saturated heterocycles. The van der Waals surface area contributed by atoms with Crippen molar-refractivity contribution >= 4 is 23.3 Å². The summed E-state index contributed by atoms with van der Waals surface area (Å²) in [5, 5.41) is 5.11. The maximum absolute atomic E-state index is 13.4. The van der Waals surface area contributed by atoms with E-state index in [1.165, 1.54) is 10.6 Å². The second kappa shape index (κ2) is 9.13. The van der Waals surface area contributed by atoms with Crippen molar-refractivity contribution in [2.45, 2.75) is 46.1 Å². The Balaban J connectivity index is 2.37. The molecule has 0 aliphatic carbocycles. The summed E-state index contributed by atoms with van der Waals surface area (Å²) in [6, 6.07) is 2.97. The van der Waals surface area contributed by atoms with Crippen LogP contribution < -0.4 is 10.6 Å². The second-order valence-corrected chi connectivity index (χ2v) is 7.29. The molecule has 1 heterocycles. The quantitative estimate of drug-likeness (QED) is 0.400. The highest BCUT2D eigenvalue weighted by atomic mass is 19.2. The molecule has 1 aromatic carbocycles. The van der Waals surface area contributed by atoms with Crippen LogP contribution in [-0.2, 0) is 11.8 Å². The van der Waals surface area contributed by atoms with Gasteiger partial charge in [0.25, 0.3) is 17.6 Å². The topological polar surface area (TPSA) is 80.2 Å². The summed E-state index contributed by atoms with van der Waals surface area (Å²) < 4.78 is 28.0. The number of nitrogens with zero attached hydrogens (tertiary/aromatic N) is 1. The molecular weight excluding hydrogens is 404 g/mol. The van der Waals surface area contributed by atoms with Crippen LogP contribution in [0.5, 0.6) is 0 Å². The number of Topliss-reactive ketones (excluding diaryl/α,β-unsaturated/α-hetero) is 1. The predicted octanol–water partition coefficient (Wildman–Crippen LogP) is 3.66. The predicted molar refractivity (Wildman–Crippen MR) is 114 cm³/mol. The number of halogens is 2. The summed E-state index contributed by atoms with van der Waals surface area (Å²) in [6.07, 6.45) is 6.46. The van der Waals surface area contributed by atoms with Crippen LogP contribution in [0.1, 0.15) is 58.8 Å². The Morgan fingerprint density at radius 2 is 1.74 bits per heavy atom. The summed E-state index contributed by atoms with van der Waals surface area (Å²) >= 11 is 0. The van der Waals surface area contributed by atoms with Crippen LogP contribution in [0, 0.1) is 37.8 Å². The maximum Gasteiger partial charge on any atom is 0.293 e. The normalized spacial score (nSPS) is 11.0. The van der Waals surface area contributed by atoms with Crippen LogP contribution in [0.4, 0.5) is 14.5 Å². The SMILES string of the molecule is C#CC(CC)(CC)NC(=O)C(=O)c1c(C)c(C(=O)Nc2ccc(F)c(F)c2)n(C)c1C. The van der Waals surface area contributed by atoms with E-state index in [0.717, 1.165) is 12.1 Å². The van der Waals surface area contributed by atoms with Crippen LogP contribution in [0.25, 0.3) is 0 Å². The van der Waals surface area contributed by atoms with Crippen molar-refractivity contribution in [3.8, 4) is 12.3 Å². The van der Waals surface area contributed by atoms with Gasteiger partial charge in [0.2, 0.25) is 0 Å². The first-order chi connectivity index (χ1) is 14.5. The van der Waals surface area contributed by atoms with Gasteiger partial charge in [-0.15, -0.1) is 6.42 Å². The monoisotopic (exact) mass is 429 g/mol. The Morgan fingerprint density at radius 1 is 1.13 bits per heavy atom. The number of rotatable bonds is 7. The number of hydrogen-bond donors (Lipinski definition) is 2. The van der Waals surface area contributed by atoms with Crippen molar-refractivity contribution in [2.75, 3.05) is 5.32 Å². The molecule has 0 saturated carbocycles. The number of benzene rings is 1. The number of carbonyl (C=O) groups is 3. The van der Waals surface area contributed by atoms with Gasteiger partial charge in [-0.3, -0.25) is 14.4 Å². The van der Waals surface area contributed by atoms with E-state index in [1.807, 2.05) is 13.8 Å². The standard InChI is InChI=1S/C23H25F2N3O3/c1-7-23(8-2,9-3)27-22(31)20(29)18-13(4)19(28(6)14(18)5)21(30)26-15-10-11-16(24)17(25)12-15/h1,10-12H,8-9H2,2-6H3,(H,26,30)(H,27,31). The largest absolute Gasteiger partial charge is 0.343 e. The first kappa shape index (κ1) is 23.8. The minimum Gasteiger partial charge on any atom is -0.343 e. The van der Waals surface area contributed by atoms with Crippen LogP contribution in [0.15, 0.2) is 18.2 Å². The van der Waals surface area contributed by atoms with Crippen molar-refractivity contribution in [3.05, 3.63) is 52.3 Å². The summed E-state index contributed by atoms with van der Waals surface area (Å²) in [7, 11) is 1.57. The van der Waals surface area contributed by atoms with Gasteiger partial charge >= 0.3 is 0 Å². The van der Waals surface area contributed by atoms with E-state index in [4.69, 9.17) is 6.42 Å². The highest BCUT2D eigenvalue weighted by molar-refractivity contribution is 6.43. The summed E-state index contributed by atoms with van der Waals surface area (Å²) in [5.41, 5.74) is 0.0291. The third-order valence-corrected chi connectivity index (χ3v) is 5.59. The zero-order chi connectivity index (χ0) is 23.5. The van der Waals surface area contributed by atoms with E-state index >= 15 is 0 Å². The van der Waals surface area contributed by atoms with E-state index in [-0.39, 0.29) is 16.9 Å². The molecule has 164 valence electrons. The molecule has 0 spiro atoms. The minimum atomic E-state index is -1.10. The molecule has 0 aliphatic heterocycles. The lowest BCUT2D eigenvalue weighted by molar-refractivity contribution is -0.118. The fourth-order valence-corrected chi connectivity index (χ4v) is 3.45. The molecule has 0 unspecified atom stereocenters. The van der Waals surface area contributed by atoms with Gasteiger partial charge in [0.15, 0.2) is 11.6 Å². The first-order valence-corrected chi connectivity index (χ1v) is 9.78. The molecule has 2 N–H and O–H groups in total. The molecule has 0 aliphatic rings. The minimum absolute atomic E-state index is 0.0532. The molecule has 2 rings (SSSR count). The van der Waals surface area contributed by atoms with Crippen molar-refractivity contribution in [3.63, 3.8) is 0 Å². The summed E-state index contributed by atoms with van der Waals surface area (Å²) in [5.74, 6) is -1.89. The molecule has 31 heavy (non-hydrogen) atoms. The smallest absolute Gasteiger partial charge is 0.293 e. The van der Waals surface area contributed by atoms with Crippen molar-refractivity contribution in [1.29, 1.82) is 0 Å². The number of nitrogens with one attached hydrogen (secondary N) is 2. The van der Waals surface area contributed by atoms with Crippen molar-refractivity contribution in [2.24, 2.45) is 7.05 Å². The molecule has 0 radical (unpaired) electrons. The highest BCUT2D eigenvalue weighted by Crippen LogP contribution is 2.24.